The van der Waals surface area contributed by atoms with Crippen LogP contribution in [0, 0.1) is 0 Å². The first-order valence-corrected chi connectivity index (χ1v) is 11.1. The molecule has 6 nitrogen and oxygen atoms in total. The van der Waals surface area contributed by atoms with Crippen LogP contribution in [-0.2, 0) is 6.54 Å². The number of pyridine rings is 1. The van der Waals surface area contributed by atoms with E-state index in [-0.39, 0.29) is 0 Å². The first-order chi connectivity index (χ1) is 15.6. The van der Waals surface area contributed by atoms with Gasteiger partial charge in [-0.1, -0.05) is 31.7 Å². The molecular weight excluding hydrogens is 396 g/mol. The molecule has 6 heteroatoms. The highest BCUT2D eigenvalue weighted by molar-refractivity contribution is 5.92. The SMILES string of the molecule is C=CC=N/C=C(\C)NC(=C)c1n[nH]c2ccc(-c3cncc(CN4CCCCC4)c3)cc12. The largest absolute Gasteiger partial charge is 0.357 e. The first kappa shape index (κ1) is 21.7. The van der Waals surface area contributed by atoms with Crippen LogP contribution in [0.4, 0.5) is 0 Å². The van der Waals surface area contributed by atoms with Crippen LogP contribution in [0.5, 0.6) is 0 Å². The molecule has 0 radical (unpaired) electrons. The molecule has 1 aromatic carbocycles. The van der Waals surface area contributed by atoms with E-state index in [1.165, 1.54) is 37.9 Å². The van der Waals surface area contributed by atoms with Gasteiger partial charge in [0.2, 0.25) is 0 Å². The molecule has 0 unspecified atom stereocenters. The highest BCUT2D eigenvalue weighted by Crippen LogP contribution is 2.28. The molecule has 3 heterocycles. The number of hydrogen-bond acceptors (Lipinski definition) is 5. The number of hydrogen-bond donors (Lipinski definition) is 2. The average Bonchev–Trinajstić information content (AvgIpc) is 3.23. The molecule has 0 bridgehead atoms. The lowest BCUT2D eigenvalue weighted by atomic mass is 10.0. The normalized spacial score (nSPS) is 15.3. The van der Waals surface area contributed by atoms with Crippen LogP contribution in [0.25, 0.3) is 27.7 Å². The molecule has 0 saturated carbocycles. The predicted molar refractivity (Wildman–Crippen MR) is 133 cm³/mol. The summed E-state index contributed by atoms with van der Waals surface area (Å²) in [5.41, 5.74) is 6.83. The fraction of sp³-hybridized carbons (Fsp3) is 0.269. The van der Waals surface area contributed by atoms with Gasteiger partial charge in [0.05, 0.1) is 11.2 Å². The minimum atomic E-state index is 0.716. The summed E-state index contributed by atoms with van der Waals surface area (Å²) < 4.78 is 0. The van der Waals surface area contributed by atoms with Gasteiger partial charge in [0.15, 0.2) is 0 Å². The van der Waals surface area contributed by atoms with Crippen molar-refractivity contribution in [3.05, 3.63) is 79.0 Å². The molecule has 1 fully saturated rings. The van der Waals surface area contributed by atoms with E-state index in [1.807, 2.05) is 19.3 Å². The number of likely N-dealkylation sites (tertiary alicyclic amines) is 1. The summed E-state index contributed by atoms with van der Waals surface area (Å²) in [5, 5.41) is 11.9. The van der Waals surface area contributed by atoms with Gasteiger partial charge in [0, 0.05) is 48.0 Å². The van der Waals surface area contributed by atoms with Gasteiger partial charge in [0.1, 0.15) is 5.69 Å². The van der Waals surface area contributed by atoms with E-state index >= 15 is 0 Å². The fourth-order valence-corrected chi connectivity index (χ4v) is 4.08. The summed E-state index contributed by atoms with van der Waals surface area (Å²) in [5.74, 6) is 0. The summed E-state index contributed by atoms with van der Waals surface area (Å²) >= 11 is 0. The van der Waals surface area contributed by atoms with E-state index in [1.54, 1.807) is 18.5 Å². The molecule has 2 aromatic heterocycles. The maximum Gasteiger partial charge on any atom is 0.116 e. The lowest BCUT2D eigenvalue weighted by Crippen LogP contribution is -2.29. The smallest absolute Gasteiger partial charge is 0.116 e. The maximum absolute atomic E-state index is 4.52. The average molecular weight is 427 g/mol. The number of aliphatic imine (C=N–C) groups is 1. The molecule has 164 valence electrons. The van der Waals surface area contributed by atoms with Gasteiger partial charge in [-0.3, -0.25) is 20.0 Å². The number of aromatic nitrogens is 3. The Morgan fingerprint density at radius 3 is 2.84 bits per heavy atom. The zero-order valence-corrected chi connectivity index (χ0v) is 18.6. The van der Waals surface area contributed by atoms with Crippen LogP contribution >= 0.6 is 0 Å². The highest BCUT2D eigenvalue weighted by Gasteiger charge is 2.13. The van der Waals surface area contributed by atoms with Crippen LogP contribution in [0.1, 0.15) is 37.4 Å². The Bertz CT molecular complexity index is 1160. The quantitative estimate of drug-likeness (QED) is 0.480. The third-order valence-corrected chi connectivity index (χ3v) is 5.64. The molecule has 0 aliphatic carbocycles. The molecule has 0 spiro atoms. The number of rotatable bonds is 8. The molecule has 0 atom stereocenters. The van der Waals surface area contributed by atoms with Crippen molar-refractivity contribution in [2.75, 3.05) is 13.1 Å². The molecule has 1 saturated heterocycles. The number of H-pyrrole nitrogens is 1. The van der Waals surface area contributed by atoms with Crippen LogP contribution in [0.15, 0.2) is 72.8 Å². The van der Waals surface area contributed by atoms with Crippen molar-refractivity contribution in [1.82, 2.24) is 25.4 Å². The standard InChI is InChI=1S/C26H30N6/c1-4-10-27-15-19(2)29-20(3)26-24-14-22(8-9-25(24)30-31-26)23-13-21(16-28-17-23)18-32-11-6-5-7-12-32/h4,8-10,13-17,29H,1,3,5-7,11-12,18H2,2H3,(H,30,31)/b19-15+,27-10?. The number of aromatic amines is 1. The van der Waals surface area contributed by atoms with Crippen molar-refractivity contribution in [2.24, 2.45) is 4.99 Å². The van der Waals surface area contributed by atoms with Gasteiger partial charge in [-0.25, -0.2) is 0 Å². The second-order valence-corrected chi connectivity index (χ2v) is 8.20. The number of allylic oxidation sites excluding steroid dienone is 2. The van der Waals surface area contributed by atoms with E-state index in [0.717, 1.165) is 40.0 Å². The monoisotopic (exact) mass is 426 g/mol. The van der Waals surface area contributed by atoms with Gasteiger partial charge in [0.25, 0.3) is 0 Å². The molecule has 32 heavy (non-hydrogen) atoms. The summed E-state index contributed by atoms with van der Waals surface area (Å²) in [7, 11) is 0. The molecule has 1 aliphatic heterocycles. The number of piperidine rings is 1. The van der Waals surface area contributed by atoms with Crippen molar-refractivity contribution in [3.8, 4) is 11.1 Å². The maximum atomic E-state index is 4.52. The topological polar surface area (TPSA) is 69.2 Å². The zero-order chi connectivity index (χ0) is 22.3. The fourth-order valence-electron chi connectivity index (χ4n) is 4.08. The molecular formula is C26H30N6. The van der Waals surface area contributed by atoms with E-state index in [0.29, 0.717) is 5.70 Å². The van der Waals surface area contributed by atoms with Crippen molar-refractivity contribution in [3.63, 3.8) is 0 Å². The zero-order valence-electron chi connectivity index (χ0n) is 18.6. The van der Waals surface area contributed by atoms with Crippen molar-refractivity contribution >= 4 is 22.8 Å². The van der Waals surface area contributed by atoms with Crippen LogP contribution < -0.4 is 5.32 Å². The van der Waals surface area contributed by atoms with Gasteiger partial charge >= 0.3 is 0 Å². The molecule has 2 N–H and O–H groups in total. The van der Waals surface area contributed by atoms with Gasteiger partial charge < -0.3 is 5.32 Å². The summed E-state index contributed by atoms with van der Waals surface area (Å²) in [4.78, 5) is 11.2. The van der Waals surface area contributed by atoms with Gasteiger partial charge in [-0.05, 0) is 62.2 Å². The van der Waals surface area contributed by atoms with E-state index < -0.39 is 0 Å². The van der Waals surface area contributed by atoms with E-state index in [2.05, 4.69) is 67.8 Å². The van der Waals surface area contributed by atoms with Crippen molar-refractivity contribution in [1.29, 1.82) is 0 Å². The van der Waals surface area contributed by atoms with Crippen LogP contribution in [0.2, 0.25) is 0 Å². The Morgan fingerprint density at radius 2 is 2.03 bits per heavy atom. The lowest BCUT2D eigenvalue weighted by molar-refractivity contribution is 0.220. The number of benzene rings is 1. The van der Waals surface area contributed by atoms with Crippen LogP contribution in [-0.4, -0.2) is 39.4 Å². The molecule has 4 rings (SSSR count). The Labute approximate surface area is 189 Å². The lowest BCUT2D eigenvalue weighted by Gasteiger charge is -2.26. The second-order valence-electron chi connectivity index (χ2n) is 8.20. The summed E-state index contributed by atoms with van der Waals surface area (Å²) in [6.07, 6.45) is 12.8. The minimum Gasteiger partial charge on any atom is -0.357 e. The van der Waals surface area contributed by atoms with Crippen LogP contribution in [0.3, 0.4) is 0 Å². The highest BCUT2D eigenvalue weighted by atomic mass is 15.1. The first-order valence-electron chi connectivity index (χ1n) is 11.1. The van der Waals surface area contributed by atoms with Crippen molar-refractivity contribution < 1.29 is 0 Å². The van der Waals surface area contributed by atoms with E-state index in [9.17, 15) is 0 Å². The van der Waals surface area contributed by atoms with E-state index in [4.69, 9.17) is 0 Å². The summed E-state index contributed by atoms with van der Waals surface area (Å²) in [6.45, 7) is 13.0. The Balaban J connectivity index is 1.56. The third-order valence-electron chi connectivity index (χ3n) is 5.64. The third kappa shape index (κ3) is 5.21. The Kier molecular flexibility index (Phi) is 6.92. The van der Waals surface area contributed by atoms with Crippen molar-refractivity contribution in [2.45, 2.75) is 32.7 Å². The number of nitrogens with one attached hydrogen (secondary N) is 2. The molecule has 1 aliphatic rings. The molecule has 0 amide bonds. The summed E-state index contributed by atoms with van der Waals surface area (Å²) in [6, 6.07) is 8.57. The Hall–Kier alpha value is -3.51. The number of fused-ring (bicyclic) bond motifs is 1. The Morgan fingerprint density at radius 1 is 1.19 bits per heavy atom. The number of nitrogens with zero attached hydrogens (tertiary/aromatic N) is 4. The predicted octanol–water partition coefficient (Wildman–Crippen LogP) is 5.29. The molecule has 3 aromatic rings. The van der Waals surface area contributed by atoms with Gasteiger partial charge in [-0.2, -0.15) is 5.10 Å². The van der Waals surface area contributed by atoms with Gasteiger partial charge in [-0.15, -0.1) is 0 Å². The minimum absolute atomic E-state index is 0.716. The second kappa shape index (κ2) is 10.2.